The topological polar surface area (TPSA) is 96.7 Å². The van der Waals surface area contributed by atoms with Crippen LogP contribution in [-0.2, 0) is 19.5 Å². The number of fused-ring (bicyclic) bond motifs is 10. The van der Waals surface area contributed by atoms with Crippen molar-refractivity contribution in [1.82, 2.24) is 4.57 Å². The van der Waals surface area contributed by atoms with E-state index in [0.717, 1.165) is 83.9 Å². The summed E-state index contributed by atoms with van der Waals surface area (Å²) in [6.07, 6.45) is 18.1. The minimum Gasteiger partial charge on any atom is -0.456 e. The van der Waals surface area contributed by atoms with Crippen LogP contribution in [0.1, 0.15) is 46.4 Å². The van der Waals surface area contributed by atoms with Crippen molar-refractivity contribution in [2.75, 3.05) is 4.90 Å². The highest BCUT2D eigenvalue weighted by Gasteiger charge is 2.36. The van der Waals surface area contributed by atoms with Crippen molar-refractivity contribution >= 4 is 85.2 Å². The molecule has 13 rings (SSSR count). The first-order valence-corrected chi connectivity index (χ1v) is 24.8. The third-order valence-corrected chi connectivity index (χ3v) is 14.1. The molecule has 0 saturated carbocycles. The van der Waals surface area contributed by atoms with Gasteiger partial charge in [0.1, 0.15) is 22.3 Å². The monoisotopic (exact) mass is 949 g/mol. The second kappa shape index (κ2) is 20.4. The van der Waals surface area contributed by atoms with Crippen LogP contribution in [0.4, 0.5) is 11.4 Å². The van der Waals surface area contributed by atoms with Crippen molar-refractivity contribution in [3.8, 4) is 16.8 Å². The van der Waals surface area contributed by atoms with Gasteiger partial charge < -0.3 is 29.4 Å². The van der Waals surface area contributed by atoms with E-state index in [1.54, 1.807) is 0 Å². The Labute approximate surface area is 425 Å². The Bertz CT molecular complexity index is 3960. The van der Waals surface area contributed by atoms with E-state index in [-0.39, 0.29) is 12.0 Å². The molecule has 11 aromatic rings. The first-order chi connectivity index (χ1) is 36.1. The van der Waals surface area contributed by atoms with Crippen LogP contribution < -0.4 is 10.6 Å². The molecule has 2 aliphatic rings. The van der Waals surface area contributed by atoms with Gasteiger partial charge in [-0.3, -0.25) is 4.99 Å². The number of aromatic nitrogens is 1. The molecule has 0 saturated heterocycles. The van der Waals surface area contributed by atoms with Gasteiger partial charge in [-0.25, -0.2) is 0 Å². The van der Waals surface area contributed by atoms with Crippen LogP contribution in [-0.4, -0.2) is 23.5 Å². The van der Waals surface area contributed by atoms with Crippen LogP contribution >= 0.6 is 0 Å². The normalized spacial score (nSPS) is 15.0. The summed E-state index contributed by atoms with van der Waals surface area (Å²) in [5, 5.41) is 11.1. The summed E-state index contributed by atoms with van der Waals surface area (Å²) in [6, 6.07) is 62.0. The first kappa shape index (κ1) is 46.3. The molecule has 0 fully saturated rings. The molecule has 4 heterocycles. The lowest BCUT2D eigenvalue weighted by molar-refractivity contribution is 0.668. The van der Waals surface area contributed by atoms with Gasteiger partial charge >= 0.3 is 0 Å². The number of nitrogens with zero attached hydrogens (tertiary/aromatic N) is 3. The van der Waals surface area contributed by atoms with E-state index in [2.05, 4.69) is 206 Å². The van der Waals surface area contributed by atoms with Crippen LogP contribution in [0.25, 0.3) is 77.7 Å². The van der Waals surface area contributed by atoms with Gasteiger partial charge in [0, 0.05) is 92.0 Å². The van der Waals surface area contributed by atoms with Crippen LogP contribution in [0.3, 0.4) is 0 Å². The molecule has 1 aliphatic carbocycles. The highest BCUT2D eigenvalue weighted by Crippen LogP contribution is 2.47. The Hall–Kier alpha value is -9.04. The molecule has 0 spiro atoms. The van der Waals surface area contributed by atoms with Gasteiger partial charge in [0.2, 0.25) is 0 Å². The second-order valence-electron chi connectivity index (χ2n) is 18.2. The molecule has 2 unspecified atom stereocenters. The van der Waals surface area contributed by atoms with Gasteiger partial charge in [0.25, 0.3) is 0 Å². The van der Waals surface area contributed by atoms with Crippen molar-refractivity contribution in [1.29, 1.82) is 5.41 Å². The van der Waals surface area contributed by atoms with Gasteiger partial charge in [0.15, 0.2) is 0 Å². The zero-order valence-electron chi connectivity index (χ0n) is 40.8. The Morgan fingerprint density at radius 2 is 1.44 bits per heavy atom. The van der Waals surface area contributed by atoms with E-state index in [1.165, 1.54) is 39.0 Å². The number of furan rings is 2. The van der Waals surface area contributed by atoms with Crippen LogP contribution in [0.2, 0.25) is 0 Å². The number of nitrogens with two attached hydrogens (primary N) is 1. The lowest BCUT2D eigenvalue weighted by Gasteiger charge is -2.28. The molecule has 0 radical (unpaired) electrons. The van der Waals surface area contributed by atoms with E-state index in [1.807, 2.05) is 48.7 Å². The quantitative estimate of drug-likeness (QED) is 0.111. The minimum atomic E-state index is 0.162. The standard InChI is InChI=1S/C58H43N3O2.C7H9N.CH3N/c1-3-15-49-42(4-2)44-20-8-10-24-50(44)60(49)40-18-12-16-37(32-40)35-59-36-39-17-13-26-54-57(39)48-33-38(28-31-53(48)62-54)43-22-14-27-55-58(43)47-30-29-41(34-56(47)63-55)61-51-23-7-5-6-19-45(51)46-21-9-11-25-52(46)61;8-6-7-4-2-1-3-5-7;1-2/h3-22,24-34,36,42,49H,2,23,35H2,1H3;1-5H,6,8H2;2H,1H2/b15-3-,59-36?;;. The van der Waals surface area contributed by atoms with Crippen LogP contribution in [0.5, 0.6) is 0 Å². The average molecular weight is 950 g/mol. The molecular formula is C66H55N5O2. The third kappa shape index (κ3) is 8.49. The lowest BCUT2D eigenvalue weighted by Crippen LogP contribution is -2.27. The highest BCUT2D eigenvalue weighted by molar-refractivity contribution is 6.16. The molecule has 0 amide bonds. The number of hydrogen-bond donors (Lipinski definition) is 2. The molecule has 1 aliphatic heterocycles. The number of aliphatic imine (C=N–C) groups is 1. The Balaban J connectivity index is 0.000000521. The van der Waals surface area contributed by atoms with Crippen molar-refractivity contribution in [3.63, 3.8) is 0 Å². The van der Waals surface area contributed by atoms with Gasteiger partial charge in [-0.05, 0) is 102 Å². The van der Waals surface area contributed by atoms with Crippen LogP contribution in [0, 0.1) is 5.41 Å². The zero-order chi connectivity index (χ0) is 49.8. The van der Waals surface area contributed by atoms with E-state index in [9.17, 15) is 0 Å². The molecule has 3 N–H and O–H groups in total. The average Bonchev–Trinajstić information content (AvgIpc) is 4.14. The summed E-state index contributed by atoms with van der Waals surface area (Å²) in [5.74, 6) is 0.216. The molecule has 2 atom stereocenters. The lowest BCUT2D eigenvalue weighted by atomic mass is 9.95. The number of rotatable bonds is 9. The summed E-state index contributed by atoms with van der Waals surface area (Å²) in [4.78, 5) is 7.46. The number of para-hydroxylation sites is 2. The van der Waals surface area contributed by atoms with Crippen molar-refractivity contribution in [2.24, 2.45) is 10.7 Å². The molecular weight excluding hydrogens is 895 g/mol. The third-order valence-electron chi connectivity index (χ3n) is 14.1. The van der Waals surface area contributed by atoms with Gasteiger partial charge in [-0.15, -0.1) is 6.58 Å². The summed E-state index contributed by atoms with van der Waals surface area (Å²) >= 11 is 0. The summed E-state index contributed by atoms with van der Waals surface area (Å²) in [5.41, 5.74) is 22.9. The fraction of sp³-hybridized carbons (Fsp3) is 0.0909. The predicted molar refractivity (Wildman–Crippen MR) is 307 cm³/mol. The minimum absolute atomic E-state index is 0.162. The van der Waals surface area contributed by atoms with Crippen LogP contribution in [0.15, 0.2) is 233 Å². The van der Waals surface area contributed by atoms with Gasteiger partial charge in [-0.2, -0.15) is 0 Å². The largest absolute Gasteiger partial charge is 0.456 e. The zero-order valence-corrected chi connectivity index (χ0v) is 40.8. The van der Waals surface area contributed by atoms with Crippen molar-refractivity contribution in [2.45, 2.75) is 38.4 Å². The number of allylic oxidation sites excluding steroid dienone is 4. The number of hydrogen-bond acceptors (Lipinski definition) is 6. The van der Waals surface area contributed by atoms with Crippen molar-refractivity contribution in [3.05, 3.63) is 252 Å². The predicted octanol–water partition coefficient (Wildman–Crippen LogP) is 16.6. The number of benzene rings is 8. The van der Waals surface area contributed by atoms with Gasteiger partial charge in [-0.1, -0.05) is 152 Å². The summed E-state index contributed by atoms with van der Waals surface area (Å²) in [6.45, 7) is 9.98. The molecule has 73 heavy (non-hydrogen) atoms. The Morgan fingerprint density at radius 3 is 2.27 bits per heavy atom. The molecule has 356 valence electrons. The van der Waals surface area contributed by atoms with E-state index >= 15 is 0 Å². The number of anilines is 2. The maximum atomic E-state index is 6.67. The fourth-order valence-electron chi connectivity index (χ4n) is 10.9. The SMILES string of the molecule is C=CC1c2ccccc2N(c2cccc(CN=Cc3cccc4oc5ccc(-c6cccc7oc8cc(-n9c%10c(c%11ccccc%119)C=CC=CC%10)ccc8c67)cc5c34)c2)C1/C=C\C.C=N.NCc1ccccc1. The molecule has 0 bridgehead atoms. The van der Waals surface area contributed by atoms with E-state index in [4.69, 9.17) is 25.0 Å². The fourth-order valence-corrected chi connectivity index (χ4v) is 10.9. The maximum Gasteiger partial charge on any atom is 0.137 e. The molecule has 7 nitrogen and oxygen atoms in total. The summed E-state index contributed by atoms with van der Waals surface area (Å²) < 4.78 is 15.5. The van der Waals surface area contributed by atoms with Gasteiger partial charge in [0.05, 0.1) is 18.1 Å². The van der Waals surface area contributed by atoms with E-state index in [0.29, 0.717) is 13.1 Å². The Morgan fingerprint density at radius 1 is 0.671 bits per heavy atom. The molecule has 7 heteroatoms. The second-order valence-corrected chi connectivity index (χ2v) is 18.2. The highest BCUT2D eigenvalue weighted by atomic mass is 16.3. The summed E-state index contributed by atoms with van der Waals surface area (Å²) in [7, 11) is 0. The first-order valence-electron chi connectivity index (χ1n) is 24.8. The Kier molecular flexibility index (Phi) is 12.9. The maximum absolute atomic E-state index is 6.67. The molecule has 3 aromatic heterocycles. The number of nitrogens with one attached hydrogen (secondary N) is 1. The smallest absolute Gasteiger partial charge is 0.137 e. The van der Waals surface area contributed by atoms with E-state index < -0.39 is 0 Å². The van der Waals surface area contributed by atoms with Crippen molar-refractivity contribution < 1.29 is 8.83 Å². The molecule has 8 aromatic carbocycles.